The molecule has 0 aliphatic heterocycles. The van der Waals surface area contributed by atoms with Gasteiger partial charge >= 0.3 is 5.97 Å². The minimum absolute atomic E-state index is 0.195. The zero-order chi connectivity index (χ0) is 10.4. The molecule has 0 amide bonds. The van der Waals surface area contributed by atoms with Crippen LogP contribution in [-0.2, 0) is 4.79 Å². The summed E-state index contributed by atoms with van der Waals surface area (Å²) in [6.45, 7) is 8.33. The van der Waals surface area contributed by atoms with E-state index in [1.807, 2.05) is 0 Å². The van der Waals surface area contributed by atoms with E-state index in [4.69, 9.17) is 5.11 Å². The number of rotatable bonds is 6. The van der Waals surface area contributed by atoms with E-state index in [2.05, 4.69) is 20.8 Å². The van der Waals surface area contributed by atoms with E-state index < -0.39 is 5.97 Å². The zero-order valence-electron chi connectivity index (χ0n) is 9.21. The summed E-state index contributed by atoms with van der Waals surface area (Å²) in [6, 6.07) is 0. The lowest BCUT2D eigenvalue weighted by Gasteiger charge is -2.17. The smallest absolute Gasteiger partial charge is 0.306 e. The summed E-state index contributed by atoms with van der Waals surface area (Å²) >= 11 is 0. The molecule has 0 aliphatic carbocycles. The van der Waals surface area contributed by atoms with Crippen molar-refractivity contribution in [1.29, 1.82) is 0 Å². The van der Waals surface area contributed by atoms with Gasteiger partial charge in [0, 0.05) is 0 Å². The van der Waals surface area contributed by atoms with Gasteiger partial charge in [-0.1, -0.05) is 34.1 Å². The highest BCUT2D eigenvalue weighted by Gasteiger charge is 2.16. The van der Waals surface area contributed by atoms with Crippen molar-refractivity contribution in [3.63, 3.8) is 0 Å². The van der Waals surface area contributed by atoms with Crippen LogP contribution in [0.15, 0.2) is 0 Å². The second kappa shape index (κ2) is 6.01. The van der Waals surface area contributed by atoms with E-state index in [0.717, 1.165) is 18.8 Å². The molecule has 0 aromatic carbocycles. The van der Waals surface area contributed by atoms with Gasteiger partial charge in [-0.2, -0.15) is 0 Å². The van der Waals surface area contributed by atoms with Crippen LogP contribution in [-0.4, -0.2) is 11.1 Å². The molecular formula is C11H22O2. The van der Waals surface area contributed by atoms with Gasteiger partial charge in [-0.15, -0.1) is 0 Å². The van der Waals surface area contributed by atoms with Crippen LogP contribution in [0.5, 0.6) is 0 Å². The number of hydrogen-bond acceptors (Lipinski definition) is 1. The Morgan fingerprint density at radius 3 is 2.08 bits per heavy atom. The number of hydrogen-bond donors (Lipinski definition) is 1. The van der Waals surface area contributed by atoms with E-state index in [1.165, 1.54) is 6.42 Å². The van der Waals surface area contributed by atoms with Gasteiger partial charge in [0.15, 0.2) is 0 Å². The van der Waals surface area contributed by atoms with Gasteiger partial charge in [-0.25, -0.2) is 0 Å². The first-order valence-electron chi connectivity index (χ1n) is 5.20. The maximum absolute atomic E-state index is 10.6. The molecule has 2 nitrogen and oxygen atoms in total. The van der Waals surface area contributed by atoms with E-state index in [0.29, 0.717) is 5.92 Å². The third kappa shape index (κ3) is 5.67. The van der Waals surface area contributed by atoms with Crippen molar-refractivity contribution in [3.8, 4) is 0 Å². The molecule has 0 aliphatic rings. The van der Waals surface area contributed by atoms with Crippen molar-refractivity contribution in [2.75, 3.05) is 0 Å². The monoisotopic (exact) mass is 186 g/mol. The Morgan fingerprint density at radius 1 is 1.15 bits per heavy atom. The van der Waals surface area contributed by atoms with Gasteiger partial charge in [-0.3, -0.25) is 4.79 Å². The summed E-state index contributed by atoms with van der Waals surface area (Å²) in [7, 11) is 0. The standard InChI is InChI=1S/C11H22O2/c1-5-8(2)6-9(3)7-10(4)11(12)13/h8-10H,5-7H2,1-4H3,(H,12,13)/t8-,9-,10+/m0/s1. The summed E-state index contributed by atoms with van der Waals surface area (Å²) in [5, 5.41) is 8.72. The highest BCUT2D eigenvalue weighted by molar-refractivity contribution is 5.69. The van der Waals surface area contributed by atoms with Crippen molar-refractivity contribution < 1.29 is 9.90 Å². The Balaban J connectivity index is 3.73. The molecule has 0 spiro atoms. The normalized spacial score (nSPS) is 17.8. The molecule has 0 bridgehead atoms. The van der Waals surface area contributed by atoms with Crippen LogP contribution in [0.3, 0.4) is 0 Å². The van der Waals surface area contributed by atoms with Crippen molar-refractivity contribution in [2.45, 2.75) is 47.0 Å². The number of carboxylic acids is 1. The first kappa shape index (κ1) is 12.5. The number of aliphatic carboxylic acids is 1. The third-order valence-electron chi connectivity index (χ3n) is 2.68. The fourth-order valence-electron chi connectivity index (χ4n) is 1.65. The Labute approximate surface area is 81.3 Å². The lowest BCUT2D eigenvalue weighted by Crippen LogP contribution is -2.14. The second-order valence-corrected chi connectivity index (χ2v) is 4.33. The van der Waals surface area contributed by atoms with E-state index >= 15 is 0 Å². The average molecular weight is 186 g/mol. The number of carbonyl (C=O) groups is 1. The van der Waals surface area contributed by atoms with Crippen LogP contribution in [0.1, 0.15) is 47.0 Å². The fraction of sp³-hybridized carbons (Fsp3) is 0.909. The van der Waals surface area contributed by atoms with Gasteiger partial charge in [0.05, 0.1) is 5.92 Å². The van der Waals surface area contributed by atoms with Crippen molar-refractivity contribution in [2.24, 2.45) is 17.8 Å². The topological polar surface area (TPSA) is 37.3 Å². The summed E-state index contributed by atoms with van der Waals surface area (Å²) in [5.74, 6) is 0.382. The van der Waals surface area contributed by atoms with Crippen LogP contribution in [0, 0.1) is 17.8 Å². The maximum atomic E-state index is 10.6. The van der Waals surface area contributed by atoms with Crippen LogP contribution in [0.4, 0.5) is 0 Å². The van der Waals surface area contributed by atoms with Gasteiger partial charge in [0.2, 0.25) is 0 Å². The van der Waals surface area contributed by atoms with E-state index in [1.54, 1.807) is 6.92 Å². The molecule has 1 N–H and O–H groups in total. The van der Waals surface area contributed by atoms with Crippen LogP contribution in [0.25, 0.3) is 0 Å². The molecule has 0 rings (SSSR count). The summed E-state index contributed by atoms with van der Waals surface area (Å²) in [5.41, 5.74) is 0. The molecular weight excluding hydrogens is 164 g/mol. The summed E-state index contributed by atoms with van der Waals surface area (Å²) in [6.07, 6.45) is 3.14. The summed E-state index contributed by atoms with van der Waals surface area (Å²) in [4.78, 5) is 10.6. The van der Waals surface area contributed by atoms with Gasteiger partial charge in [0.1, 0.15) is 0 Å². The maximum Gasteiger partial charge on any atom is 0.306 e. The molecule has 0 saturated carbocycles. The quantitative estimate of drug-likeness (QED) is 0.691. The first-order chi connectivity index (χ1) is 5.97. The molecule has 0 radical (unpaired) electrons. The van der Waals surface area contributed by atoms with Crippen LogP contribution < -0.4 is 0 Å². The van der Waals surface area contributed by atoms with Crippen LogP contribution in [0.2, 0.25) is 0 Å². The predicted molar refractivity (Wildman–Crippen MR) is 54.7 cm³/mol. The Hall–Kier alpha value is -0.530. The van der Waals surface area contributed by atoms with Crippen molar-refractivity contribution in [3.05, 3.63) is 0 Å². The molecule has 13 heavy (non-hydrogen) atoms. The lowest BCUT2D eigenvalue weighted by atomic mass is 9.89. The Kier molecular flexibility index (Phi) is 5.76. The van der Waals surface area contributed by atoms with Gasteiger partial charge in [0.25, 0.3) is 0 Å². The first-order valence-corrected chi connectivity index (χ1v) is 5.20. The van der Waals surface area contributed by atoms with E-state index in [9.17, 15) is 4.79 Å². The molecule has 0 fully saturated rings. The molecule has 2 heteroatoms. The molecule has 3 atom stereocenters. The third-order valence-corrected chi connectivity index (χ3v) is 2.68. The molecule has 0 saturated heterocycles. The number of carboxylic acid groups (broad SMARTS) is 1. The fourth-order valence-corrected chi connectivity index (χ4v) is 1.65. The second-order valence-electron chi connectivity index (χ2n) is 4.33. The highest BCUT2D eigenvalue weighted by Crippen LogP contribution is 2.21. The molecule has 0 aromatic rings. The Morgan fingerprint density at radius 2 is 1.69 bits per heavy atom. The van der Waals surface area contributed by atoms with Crippen molar-refractivity contribution in [1.82, 2.24) is 0 Å². The minimum Gasteiger partial charge on any atom is -0.481 e. The molecule has 0 heterocycles. The highest BCUT2D eigenvalue weighted by atomic mass is 16.4. The Bertz CT molecular complexity index is 154. The molecule has 0 aromatic heterocycles. The SMILES string of the molecule is CC[C@H](C)C[C@H](C)C[C@@H](C)C(=O)O. The summed E-state index contributed by atoms with van der Waals surface area (Å²) < 4.78 is 0. The van der Waals surface area contributed by atoms with Gasteiger partial charge in [-0.05, 0) is 24.7 Å². The van der Waals surface area contributed by atoms with Crippen LogP contribution >= 0.6 is 0 Å². The minimum atomic E-state index is -0.670. The van der Waals surface area contributed by atoms with Gasteiger partial charge < -0.3 is 5.11 Å². The molecule has 78 valence electrons. The lowest BCUT2D eigenvalue weighted by molar-refractivity contribution is -0.141. The average Bonchev–Trinajstić information content (AvgIpc) is 2.03. The van der Waals surface area contributed by atoms with Crippen molar-refractivity contribution >= 4 is 5.97 Å². The van der Waals surface area contributed by atoms with E-state index in [-0.39, 0.29) is 5.92 Å². The zero-order valence-corrected chi connectivity index (χ0v) is 9.21. The predicted octanol–water partition coefficient (Wildman–Crippen LogP) is 3.17. The molecule has 0 unspecified atom stereocenters. The largest absolute Gasteiger partial charge is 0.481 e.